The molecular formula is C13H27NO. The van der Waals surface area contributed by atoms with Crippen LogP contribution in [0.5, 0.6) is 0 Å². The largest absolute Gasteiger partial charge is 0.378 e. The molecule has 2 heteroatoms. The SMILES string of the molecule is CNCCCC(C)OCC1CCCCC1. The van der Waals surface area contributed by atoms with Crippen molar-refractivity contribution < 1.29 is 4.74 Å². The zero-order valence-electron chi connectivity index (χ0n) is 10.4. The Morgan fingerprint density at radius 2 is 2.00 bits per heavy atom. The average molecular weight is 213 g/mol. The van der Waals surface area contributed by atoms with Crippen molar-refractivity contribution in [1.29, 1.82) is 0 Å². The quantitative estimate of drug-likeness (QED) is 0.656. The van der Waals surface area contributed by atoms with Gasteiger partial charge in [0.1, 0.15) is 0 Å². The van der Waals surface area contributed by atoms with Crippen LogP contribution in [0, 0.1) is 5.92 Å². The summed E-state index contributed by atoms with van der Waals surface area (Å²) in [5.41, 5.74) is 0. The molecule has 0 bridgehead atoms. The molecule has 15 heavy (non-hydrogen) atoms. The van der Waals surface area contributed by atoms with E-state index in [1.54, 1.807) is 0 Å². The Labute approximate surface area is 94.8 Å². The topological polar surface area (TPSA) is 21.3 Å². The van der Waals surface area contributed by atoms with Crippen LogP contribution in [0.15, 0.2) is 0 Å². The second kappa shape index (κ2) is 8.12. The Balaban J connectivity index is 1.97. The van der Waals surface area contributed by atoms with E-state index in [9.17, 15) is 0 Å². The summed E-state index contributed by atoms with van der Waals surface area (Å²) in [4.78, 5) is 0. The van der Waals surface area contributed by atoms with Gasteiger partial charge >= 0.3 is 0 Å². The molecule has 1 fully saturated rings. The molecule has 90 valence electrons. The third kappa shape index (κ3) is 6.16. The van der Waals surface area contributed by atoms with E-state index < -0.39 is 0 Å². The second-order valence-electron chi connectivity index (χ2n) is 4.89. The van der Waals surface area contributed by atoms with Crippen LogP contribution in [0.3, 0.4) is 0 Å². The van der Waals surface area contributed by atoms with Gasteiger partial charge in [-0.2, -0.15) is 0 Å². The molecule has 0 saturated heterocycles. The summed E-state index contributed by atoms with van der Waals surface area (Å²) in [6.45, 7) is 4.32. The molecule has 1 aliphatic carbocycles. The fourth-order valence-electron chi connectivity index (χ4n) is 2.30. The summed E-state index contributed by atoms with van der Waals surface area (Å²) in [7, 11) is 2.01. The van der Waals surface area contributed by atoms with Gasteiger partial charge in [-0.1, -0.05) is 19.3 Å². The van der Waals surface area contributed by atoms with E-state index in [0.717, 1.165) is 19.1 Å². The van der Waals surface area contributed by atoms with E-state index in [0.29, 0.717) is 6.10 Å². The van der Waals surface area contributed by atoms with Gasteiger partial charge in [-0.15, -0.1) is 0 Å². The Morgan fingerprint density at radius 3 is 2.67 bits per heavy atom. The van der Waals surface area contributed by atoms with Gasteiger partial charge in [0.25, 0.3) is 0 Å². The molecule has 0 radical (unpaired) electrons. The maximum atomic E-state index is 5.90. The zero-order valence-corrected chi connectivity index (χ0v) is 10.4. The van der Waals surface area contributed by atoms with Crippen molar-refractivity contribution in [2.24, 2.45) is 5.92 Å². The van der Waals surface area contributed by atoms with Crippen LogP contribution in [0.2, 0.25) is 0 Å². The smallest absolute Gasteiger partial charge is 0.0547 e. The molecule has 2 nitrogen and oxygen atoms in total. The Hall–Kier alpha value is -0.0800. The summed E-state index contributed by atoms with van der Waals surface area (Å²) in [5.74, 6) is 0.852. The highest BCUT2D eigenvalue weighted by Crippen LogP contribution is 2.24. The van der Waals surface area contributed by atoms with Gasteiger partial charge in [0, 0.05) is 6.61 Å². The molecule has 0 spiro atoms. The molecule has 1 unspecified atom stereocenters. The van der Waals surface area contributed by atoms with Gasteiger partial charge in [0.2, 0.25) is 0 Å². The van der Waals surface area contributed by atoms with Crippen molar-refractivity contribution in [3.8, 4) is 0 Å². The fraction of sp³-hybridized carbons (Fsp3) is 1.00. The highest BCUT2D eigenvalue weighted by atomic mass is 16.5. The van der Waals surface area contributed by atoms with Crippen molar-refractivity contribution in [3.63, 3.8) is 0 Å². The van der Waals surface area contributed by atoms with Gasteiger partial charge in [-0.25, -0.2) is 0 Å². The first-order valence-electron chi connectivity index (χ1n) is 6.59. The van der Waals surface area contributed by atoms with Gasteiger partial charge in [0.05, 0.1) is 6.10 Å². The van der Waals surface area contributed by atoms with E-state index in [2.05, 4.69) is 12.2 Å². The van der Waals surface area contributed by atoms with E-state index >= 15 is 0 Å². The molecule has 0 aromatic rings. The van der Waals surface area contributed by atoms with Crippen molar-refractivity contribution in [2.45, 2.75) is 58.0 Å². The molecule has 0 aliphatic heterocycles. The highest BCUT2D eigenvalue weighted by Gasteiger charge is 2.14. The standard InChI is InChI=1S/C13H27NO/c1-12(7-6-10-14-2)15-11-13-8-4-3-5-9-13/h12-14H,3-11H2,1-2H3. The number of ether oxygens (including phenoxy) is 1. The van der Waals surface area contributed by atoms with E-state index in [1.165, 1.54) is 44.9 Å². The summed E-state index contributed by atoms with van der Waals surface area (Å²) in [6, 6.07) is 0. The van der Waals surface area contributed by atoms with Crippen LogP contribution >= 0.6 is 0 Å². The molecule has 1 rings (SSSR count). The number of hydrogen-bond acceptors (Lipinski definition) is 2. The Kier molecular flexibility index (Phi) is 7.03. The Bertz CT molecular complexity index is 143. The molecular weight excluding hydrogens is 186 g/mol. The molecule has 1 saturated carbocycles. The van der Waals surface area contributed by atoms with Crippen LogP contribution in [0.4, 0.5) is 0 Å². The summed E-state index contributed by atoms with van der Waals surface area (Å²) in [6.07, 6.45) is 9.92. The first-order chi connectivity index (χ1) is 7.33. The van der Waals surface area contributed by atoms with E-state index in [4.69, 9.17) is 4.74 Å². The van der Waals surface area contributed by atoms with Crippen molar-refractivity contribution in [3.05, 3.63) is 0 Å². The lowest BCUT2D eigenvalue weighted by Gasteiger charge is -2.23. The maximum Gasteiger partial charge on any atom is 0.0547 e. The van der Waals surface area contributed by atoms with Gasteiger partial charge in [0.15, 0.2) is 0 Å². The average Bonchev–Trinajstić information content (AvgIpc) is 2.28. The van der Waals surface area contributed by atoms with Crippen molar-refractivity contribution in [1.82, 2.24) is 5.32 Å². The summed E-state index contributed by atoms with van der Waals surface area (Å²) in [5, 5.41) is 3.17. The van der Waals surface area contributed by atoms with E-state index in [-0.39, 0.29) is 0 Å². The third-order valence-corrected chi connectivity index (χ3v) is 3.38. The monoisotopic (exact) mass is 213 g/mol. The van der Waals surface area contributed by atoms with Crippen LogP contribution < -0.4 is 5.32 Å². The number of hydrogen-bond donors (Lipinski definition) is 1. The molecule has 0 aromatic heterocycles. The second-order valence-corrected chi connectivity index (χ2v) is 4.89. The maximum absolute atomic E-state index is 5.90. The lowest BCUT2D eigenvalue weighted by atomic mass is 9.90. The minimum Gasteiger partial charge on any atom is -0.378 e. The van der Waals surface area contributed by atoms with Crippen LogP contribution in [-0.2, 0) is 4.74 Å². The fourth-order valence-corrected chi connectivity index (χ4v) is 2.30. The predicted molar refractivity (Wildman–Crippen MR) is 65.1 cm³/mol. The van der Waals surface area contributed by atoms with Crippen molar-refractivity contribution in [2.75, 3.05) is 20.2 Å². The first kappa shape index (κ1) is 13.0. The molecule has 1 N–H and O–H groups in total. The van der Waals surface area contributed by atoms with E-state index in [1.807, 2.05) is 7.05 Å². The van der Waals surface area contributed by atoms with Crippen LogP contribution in [0.25, 0.3) is 0 Å². The minimum absolute atomic E-state index is 0.445. The normalized spacial score (nSPS) is 20.4. The predicted octanol–water partition coefficient (Wildman–Crippen LogP) is 2.97. The first-order valence-corrected chi connectivity index (χ1v) is 6.59. The lowest BCUT2D eigenvalue weighted by Crippen LogP contribution is -2.19. The van der Waals surface area contributed by atoms with Gasteiger partial charge in [-0.3, -0.25) is 0 Å². The van der Waals surface area contributed by atoms with Crippen molar-refractivity contribution >= 4 is 0 Å². The number of nitrogens with one attached hydrogen (secondary N) is 1. The Morgan fingerprint density at radius 1 is 1.27 bits per heavy atom. The molecule has 0 heterocycles. The summed E-state index contributed by atoms with van der Waals surface area (Å²) < 4.78 is 5.90. The summed E-state index contributed by atoms with van der Waals surface area (Å²) >= 11 is 0. The zero-order chi connectivity index (χ0) is 10.9. The van der Waals surface area contributed by atoms with Gasteiger partial charge in [-0.05, 0) is 52.1 Å². The molecule has 0 amide bonds. The lowest BCUT2D eigenvalue weighted by molar-refractivity contribution is 0.0258. The molecule has 0 aromatic carbocycles. The van der Waals surface area contributed by atoms with Gasteiger partial charge < -0.3 is 10.1 Å². The van der Waals surface area contributed by atoms with Crippen LogP contribution in [0.1, 0.15) is 51.9 Å². The number of rotatable bonds is 7. The third-order valence-electron chi connectivity index (χ3n) is 3.38. The minimum atomic E-state index is 0.445. The highest BCUT2D eigenvalue weighted by molar-refractivity contribution is 4.65. The molecule has 1 aliphatic rings. The molecule has 1 atom stereocenters. The van der Waals surface area contributed by atoms with Crippen LogP contribution in [-0.4, -0.2) is 26.3 Å².